The molecule has 1 atom stereocenters. The molecule has 5 heteroatoms. The van der Waals surface area contributed by atoms with Crippen LogP contribution in [0.3, 0.4) is 0 Å². The van der Waals surface area contributed by atoms with Crippen molar-refractivity contribution in [3.8, 4) is 11.5 Å². The summed E-state index contributed by atoms with van der Waals surface area (Å²) in [5.74, 6) is 0.693. The van der Waals surface area contributed by atoms with Gasteiger partial charge in [-0.3, -0.25) is 10.1 Å². The maximum Gasteiger partial charge on any atom is 0.323 e. The number of carboxylic acids is 1. The zero-order chi connectivity index (χ0) is 15.3. The van der Waals surface area contributed by atoms with Crippen LogP contribution in [0, 0.1) is 0 Å². The second-order valence-electron chi connectivity index (χ2n) is 5.56. The number of nitrogens with one attached hydrogen (secondary N) is 1. The average Bonchev–Trinajstić information content (AvgIpc) is 3.25. The molecule has 2 rings (SSSR count). The number of hydrogen-bond acceptors (Lipinski definition) is 4. The van der Waals surface area contributed by atoms with Crippen LogP contribution in [0.4, 0.5) is 0 Å². The minimum atomic E-state index is -0.924. The predicted octanol–water partition coefficient (Wildman–Crippen LogP) is 2.45. The van der Waals surface area contributed by atoms with Gasteiger partial charge in [0, 0.05) is 12.5 Å². The van der Waals surface area contributed by atoms with Crippen LogP contribution < -0.4 is 14.8 Å². The molecule has 0 aliphatic heterocycles. The lowest BCUT2D eigenvalue weighted by Crippen LogP contribution is -2.51. The van der Waals surface area contributed by atoms with Crippen molar-refractivity contribution in [1.29, 1.82) is 0 Å². The Hall–Kier alpha value is -1.75. The number of carboxylic acid groups (broad SMARTS) is 1. The minimum Gasteiger partial charge on any atom is -0.494 e. The van der Waals surface area contributed by atoms with Crippen molar-refractivity contribution in [3.63, 3.8) is 0 Å². The fraction of sp³-hybridized carbons (Fsp3) is 0.562. The normalized spacial score (nSPS) is 17.0. The number of hydrogen-bond donors (Lipinski definition) is 2. The molecule has 0 spiro atoms. The Kier molecular flexibility index (Phi) is 5.07. The topological polar surface area (TPSA) is 67.8 Å². The molecule has 0 amide bonds. The van der Waals surface area contributed by atoms with Crippen LogP contribution in [0.25, 0.3) is 0 Å². The summed E-state index contributed by atoms with van der Waals surface area (Å²) < 4.78 is 11.0. The maximum absolute atomic E-state index is 11.4. The van der Waals surface area contributed by atoms with Crippen molar-refractivity contribution in [1.82, 2.24) is 5.32 Å². The molecule has 0 saturated heterocycles. The summed E-state index contributed by atoms with van der Waals surface area (Å²) in [7, 11) is 0. The van der Waals surface area contributed by atoms with Crippen molar-refractivity contribution in [2.45, 2.75) is 44.7 Å². The molecule has 1 unspecified atom stereocenters. The highest BCUT2D eigenvalue weighted by atomic mass is 16.5. The zero-order valence-corrected chi connectivity index (χ0v) is 12.6. The van der Waals surface area contributed by atoms with Crippen molar-refractivity contribution >= 4 is 5.97 Å². The van der Waals surface area contributed by atoms with Gasteiger partial charge in [0.15, 0.2) is 0 Å². The molecule has 1 saturated carbocycles. The molecule has 2 N–H and O–H groups in total. The number of aliphatic carboxylic acids is 1. The van der Waals surface area contributed by atoms with Crippen LogP contribution in [-0.4, -0.2) is 35.9 Å². The minimum absolute atomic E-state index is 0.344. The van der Waals surface area contributed by atoms with Crippen molar-refractivity contribution in [3.05, 3.63) is 24.3 Å². The van der Waals surface area contributed by atoms with Gasteiger partial charge in [0.05, 0.1) is 13.2 Å². The van der Waals surface area contributed by atoms with Crippen LogP contribution >= 0.6 is 0 Å². The highest BCUT2D eigenvalue weighted by molar-refractivity contribution is 5.78. The predicted molar refractivity (Wildman–Crippen MR) is 79.9 cm³/mol. The molecule has 5 nitrogen and oxygen atoms in total. The van der Waals surface area contributed by atoms with Crippen molar-refractivity contribution in [2.75, 3.05) is 13.2 Å². The van der Waals surface area contributed by atoms with Gasteiger partial charge in [-0.2, -0.15) is 0 Å². The maximum atomic E-state index is 11.4. The van der Waals surface area contributed by atoms with E-state index in [1.807, 2.05) is 31.2 Å². The van der Waals surface area contributed by atoms with Gasteiger partial charge in [-0.1, -0.05) is 0 Å². The molecule has 1 aliphatic carbocycles. The van der Waals surface area contributed by atoms with E-state index in [-0.39, 0.29) is 0 Å². The highest BCUT2D eigenvalue weighted by Gasteiger charge is 2.38. The Labute approximate surface area is 125 Å². The molecule has 116 valence electrons. The fourth-order valence-corrected chi connectivity index (χ4v) is 2.09. The lowest BCUT2D eigenvalue weighted by Gasteiger charge is -2.26. The summed E-state index contributed by atoms with van der Waals surface area (Å²) in [6.45, 7) is 4.64. The van der Waals surface area contributed by atoms with Gasteiger partial charge >= 0.3 is 5.97 Å². The highest BCUT2D eigenvalue weighted by Crippen LogP contribution is 2.25. The van der Waals surface area contributed by atoms with Crippen LogP contribution in [0.15, 0.2) is 24.3 Å². The van der Waals surface area contributed by atoms with Crippen molar-refractivity contribution in [2.24, 2.45) is 0 Å². The SMILES string of the molecule is CCOc1ccc(OCCC(C)(NC2CC2)C(=O)O)cc1. The summed E-state index contributed by atoms with van der Waals surface area (Å²) >= 11 is 0. The van der Waals surface area contributed by atoms with E-state index in [9.17, 15) is 9.90 Å². The van der Waals surface area contributed by atoms with Gasteiger partial charge in [0.1, 0.15) is 17.0 Å². The van der Waals surface area contributed by atoms with E-state index in [4.69, 9.17) is 9.47 Å². The molecular weight excluding hydrogens is 270 g/mol. The third-order valence-corrected chi connectivity index (χ3v) is 3.58. The van der Waals surface area contributed by atoms with E-state index in [0.29, 0.717) is 25.7 Å². The molecule has 1 aromatic rings. The Balaban J connectivity index is 1.82. The third kappa shape index (κ3) is 4.63. The summed E-state index contributed by atoms with van der Waals surface area (Å²) in [5.41, 5.74) is -0.924. The van der Waals surface area contributed by atoms with Gasteiger partial charge in [-0.05, 0) is 51.0 Å². The quantitative estimate of drug-likeness (QED) is 0.732. The van der Waals surface area contributed by atoms with Gasteiger partial charge < -0.3 is 14.6 Å². The van der Waals surface area contributed by atoms with Crippen LogP contribution in [0.2, 0.25) is 0 Å². The van der Waals surface area contributed by atoms with E-state index < -0.39 is 11.5 Å². The summed E-state index contributed by atoms with van der Waals surface area (Å²) in [4.78, 5) is 11.4. The second kappa shape index (κ2) is 6.80. The van der Waals surface area contributed by atoms with Gasteiger partial charge in [0.2, 0.25) is 0 Å². The first-order valence-electron chi connectivity index (χ1n) is 7.40. The monoisotopic (exact) mass is 293 g/mol. The molecule has 1 aliphatic rings. The zero-order valence-electron chi connectivity index (χ0n) is 12.6. The van der Waals surface area contributed by atoms with E-state index in [1.165, 1.54) is 0 Å². The Morgan fingerprint density at radius 2 is 1.86 bits per heavy atom. The summed E-state index contributed by atoms with van der Waals surface area (Å²) in [5, 5.41) is 12.5. The number of rotatable bonds is 9. The first kappa shape index (κ1) is 15.6. The van der Waals surface area contributed by atoms with E-state index >= 15 is 0 Å². The second-order valence-corrected chi connectivity index (χ2v) is 5.56. The van der Waals surface area contributed by atoms with E-state index in [1.54, 1.807) is 6.92 Å². The molecular formula is C16H23NO4. The Morgan fingerprint density at radius 3 is 2.33 bits per heavy atom. The van der Waals surface area contributed by atoms with E-state index in [2.05, 4.69) is 5.32 Å². The molecule has 0 aromatic heterocycles. The molecule has 0 heterocycles. The van der Waals surface area contributed by atoms with Gasteiger partial charge in [0.25, 0.3) is 0 Å². The van der Waals surface area contributed by atoms with Gasteiger partial charge in [-0.15, -0.1) is 0 Å². The Bertz CT molecular complexity index is 470. The molecule has 1 aromatic carbocycles. The number of ether oxygens (including phenoxy) is 2. The largest absolute Gasteiger partial charge is 0.494 e. The smallest absolute Gasteiger partial charge is 0.323 e. The molecule has 1 fully saturated rings. The Morgan fingerprint density at radius 1 is 1.29 bits per heavy atom. The first-order valence-corrected chi connectivity index (χ1v) is 7.40. The number of carbonyl (C=O) groups is 1. The molecule has 21 heavy (non-hydrogen) atoms. The van der Waals surface area contributed by atoms with Crippen LogP contribution in [0.5, 0.6) is 11.5 Å². The van der Waals surface area contributed by atoms with Crippen LogP contribution in [-0.2, 0) is 4.79 Å². The summed E-state index contributed by atoms with van der Waals surface area (Å²) in [6, 6.07) is 7.70. The molecule has 0 bridgehead atoms. The third-order valence-electron chi connectivity index (χ3n) is 3.58. The first-order chi connectivity index (χ1) is 10.0. The van der Waals surface area contributed by atoms with Gasteiger partial charge in [-0.25, -0.2) is 0 Å². The lowest BCUT2D eigenvalue weighted by atomic mass is 9.98. The van der Waals surface area contributed by atoms with Crippen molar-refractivity contribution < 1.29 is 19.4 Å². The average molecular weight is 293 g/mol. The van der Waals surface area contributed by atoms with E-state index in [0.717, 1.165) is 24.3 Å². The number of benzene rings is 1. The fourth-order valence-electron chi connectivity index (χ4n) is 2.09. The lowest BCUT2D eigenvalue weighted by molar-refractivity contribution is -0.144. The summed E-state index contributed by atoms with van der Waals surface area (Å²) in [6.07, 6.45) is 2.54. The van der Waals surface area contributed by atoms with Crippen LogP contribution in [0.1, 0.15) is 33.1 Å². The molecule has 0 radical (unpaired) electrons. The standard InChI is InChI=1S/C16H23NO4/c1-3-20-13-6-8-14(9-7-13)21-11-10-16(2,15(18)19)17-12-4-5-12/h6-9,12,17H,3-5,10-11H2,1-2H3,(H,18,19).